The summed E-state index contributed by atoms with van der Waals surface area (Å²) >= 11 is 0. The maximum atomic E-state index is 2.60. The van der Waals surface area contributed by atoms with Crippen LogP contribution in [0.2, 0.25) is 0 Å². The van der Waals surface area contributed by atoms with Crippen molar-refractivity contribution in [3.63, 3.8) is 0 Å². The fourth-order valence-electron chi connectivity index (χ4n) is 2.56. The van der Waals surface area contributed by atoms with Crippen molar-refractivity contribution in [1.82, 2.24) is 9.80 Å². The first-order valence-electron chi connectivity index (χ1n) is 6.79. The van der Waals surface area contributed by atoms with Gasteiger partial charge in [0.2, 0.25) is 0 Å². The van der Waals surface area contributed by atoms with Gasteiger partial charge in [0.15, 0.2) is 0 Å². The summed E-state index contributed by atoms with van der Waals surface area (Å²) in [5.41, 5.74) is 1.46. The topological polar surface area (TPSA) is 6.48 Å². The Labute approximate surface area is 105 Å². The van der Waals surface area contributed by atoms with Crippen LogP contribution in [-0.2, 0) is 0 Å². The summed E-state index contributed by atoms with van der Waals surface area (Å²) in [7, 11) is 0. The van der Waals surface area contributed by atoms with Crippen LogP contribution in [0.4, 0.5) is 0 Å². The fourth-order valence-corrected chi connectivity index (χ4v) is 2.56. The molecule has 2 nitrogen and oxygen atoms in total. The van der Waals surface area contributed by atoms with Gasteiger partial charge in [-0.25, -0.2) is 0 Å². The first-order valence-corrected chi connectivity index (χ1v) is 6.79. The molecule has 1 aromatic carbocycles. The van der Waals surface area contributed by atoms with E-state index in [4.69, 9.17) is 0 Å². The molecule has 0 radical (unpaired) electrons. The quantitative estimate of drug-likeness (QED) is 0.786. The summed E-state index contributed by atoms with van der Waals surface area (Å²) in [6.45, 7) is 11.9. The standard InChI is InChI=1S/C15H24N2/c1-3-16-9-11-17(12-10-16)13-14(2)15-7-5-4-6-8-15/h4-8,14H,3,9-13H2,1-2H3. The Bertz CT molecular complexity index is 315. The zero-order valence-electron chi connectivity index (χ0n) is 11.1. The Morgan fingerprint density at radius 2 is 1.59 bits per heavy atom. The second-order valence-electron chi connectivity index (χ2n) is 5.05. The van der Waals surface area contributed by atoms with Crippen molar-refractivity contribution in [1.29, 1.82) is 0 Å². The average molecular weight is 232 g/mol. The van der Waals surface area contributed by atoms with Crippen LogP contribution in [0, 0.1) is 0 Å². The van der Waals surface area contributed by atoms with Crippen LogP contribution in [0.25, 0.3) is 0 Å². The lowest BCUT2D eigenvalue weighted by Crippen LogP contribution is -2.47. The van der Waals surface area contributed by atoms with Crippen LogP contribution in [0.15, 0.2) is 30.3 Å². The van der Waals surface area contributed by atoms with Gasteiger partial charge in [-0.15, -0.1) is 0 Å². The Kier molecular flexibility index (Phi) is 4.57. The predicted molar refractivity (Wildman–Crippen MR) is 73.4 cm³/mol. The largest absolute Gasteiger partial charge is 0.301 e. The molecule has 0 aliphatic carbocycles. The van der Waals surface area contributed by atoms with Crippen LogP contribution in [0.1, 0.15) is 25.3 Å². The highest BCUT2D eigenvalue weighted by Gasteiger charge is 2.17. The highest BCUT2D eigenvalue weighted by molar-refractivity contribution is 5.19. The van der Waals surface area contributed by atoms with Crippen molar-refractivity contribution < 1.29 is 0 Å². The summed E-state index contributed by atoms with van der Waals surface area (Å²) in [4.78, 5) is 5.13. The van der Waals surface area contributed by atoms with Crippen LogP contribution in [0.3, 0.4) is 0 Å². The van der Waals surface area contributed by atoms with Gasteiger partial charge in [-0.1, -0.05) is 44.2 Å². The van der Waals surface area contributed by atoms with Crippen molar-refractivity contribution in [3.05, 3.63) is 35.9 Å². The summed E-state index contributed by atoms with van der Waals surface area (Å²) in [6, 6.07) is 10.9. The van der Waals surface area contributed by atoms with Crippen molar-refractivity contribution in [3.8, 4) is 0 Å². The van der Waals surface area contributed by atoms with E-state index in [1.54, 1.807) is 0 Å². The molecule has 0 spiro atoms. The van der Waals surface area contributed by atoms with E-state index in [1.165, 1.54) is 44.8 Å². The predicted octanol–water partition coefficient (Wildman–Crippen LogP) is 2.43. The van der Waals surface area contributed by atoms with Gasteiger partial charge in [0.25, 0.3) is 0 Å². The number of rotatable bonds is 4. The second-order valence-corrected chi connectivity index (χ2v) is 5.05. The summed E-state index contributed by atoms with van der Waals surface area (Å²) in [5.74, 6) is 0.643. The van der Waals surface area contributed by atoms with Crippen molar-refractivity contribution in [2.45, 2.75) is 19.8 Å². The molecule has 1 atom stereocenters. The molecule has 0 N–H and O–H groups in total. The van der Waals surface area contributed by atoms with E-state index >= 15 is 0 Å². The zero-order chi connectivity index (χ0) is 12.1. The van der Waals surface area contributed by atoms with Crippen LogP contribution in [-0.4, -0.2) is 49.1 Å². The maximum absolute atomic E-state index is 2.60. The molecule has 0 bridgehead atoms. The van der Waals surface area contributed by atoms with E-state index in [9.17, 15) is 0 Å². The fraction of sp³-hybridized carbons (Fsp3) is 0.600. The number of likely N-dealkylation sites (N-methyl/N-ethyl adjacent to an activating group) is 1. The molecule has 1 aromatic rings. The van der Waals surface area contributed by atoms with Gasteiger partial charge in [0.05, 0.1) is 0 Å². The minimum atomic E-state index is 0.643. The molecule has 1 heterocycles. The molecule has 17 heavy (non-hydrogen) atoms. The summed E-state index contributed by atoms with van der Waals surface area (Å²) < 4.78 is 0. The highest BCUT2D eigenvalue weighted by atomic mass is 15.3. The zero-order valence-corrected chi connectivity index (χ0v) is 11.1. The molecule has 0 saturated carbocycles. The highest BCUT2D eigenvalue weighted by Crippen LogP contribution is 2.16. The van der Waals surface area contributed by atoms with Crippen LogP contribution < -0.4 is 0 Å². The maximum Gasteiger partial charge on any atom is 0.0110 e. The Hall–Kier alpha value is -0.860. The Morgan fingerprint density at radius 3 is 2.18 bits per heavy atom. The van der Waals surface area contributed by atoms with E-state index < -0.39 is 0 Å². The lowest BCUT2D eigenvalue weighted by Gasteiger charge is -2.35. The lowest BCUT2D eigenvalue weighted by molar-refractivity contribution is 0.133. The number of hydrogen-bond acceptors (Lipinski definition) is 2. The van der Waals surface area contributed by atoms with E-state index in [2.05, 4.69) is 54.0 Å². The van der Waals surface area contributed by atoms with Crippen molar-refractivity contribution in [2.75, 3.05) is 39.3 Å². The monoisotopic (exact) mass is 232 g/mol. The third-order valence-electron chi connectivity index (χ3n) is 3.81. The van der Waals surface area contributed by atoms with E-state index in [-0.39, 0.29) is 0 Å². The summed E-state index contributed by atoms with van der Waals surface area (Å²) in [5, 5.41) is 0. The van der Waals surface area contributed by atoms with Gasteiger partial charge in [-0.3, -0.25) is 0 Å². The van der Waals surface area contributed by atoms with Crippen LogP contribution >= 0.6 is 0 Å². The third kappa shape index (κ3) is 3.55. The Morgan fingerprint density at radius 1 is 1.00 bits per heavy atom. The molecule has 2 rings (SSSR count). The van der Waals surface area contributed by atoms with Gasteiger partial charge in [-0.05, 0) is 18.0 Å². The second kappa shape index (κ2) is 6.18. The normalized spacial score (nSPS) is 20.4. The number of hydrogen-bond donors (Lipinski definition) is 0. The SMILES string of the molecule is CCN1CCN(CC(C)c2ccccc2)CC1. The number of piperazine rings is 1. The van der Waals surface area contributed by atoms with E-state index in [1.807, 2.05) is 0 Å². The van der Waals surface area contributed by atoms with Crippen LogP contribution in [0.5, 0.6) is 0 Å². The molecule has 1 unspecified atom stereocenters. The molecule has 1 aliphatic rings. The molecule has 0 aromatic heterocycles. The molecule has 2 heteroatoms. The van der Waals surface area contributed by atoms with Gasteiger partial charge < -0.3 is 9.80 Å². The molecule has 1 saturated heterocycles. The average Bonchev–Trinajstić information content (AvgIpc) is 2.40. The molecule has 1 fully saturated rings. The minimum Gasteiger partial charge on any atom is -0.301 e. The van der Waals surface area contributed by atoms with E-state index in [0.29, 0.717) is 5.92 Å². The number of nitrogens with zero attached hydrogens (tertiary/aromatic N) is 2. The van der Waals surface area contributed by atoms with Crippen molar-refractivity contribution in [2.24, 2.45) is 0 Å². The van der Waals surface area contributed by atoms with Crippen molar-refractivity contribution >= 4 is 0 Å². The minimum absolute atomic E-state index is 0.643. The smallest absolute Gasteiger partial charge is 0.0110 e. The van der Waals surface area contributed by atoms with Gasteiger partial charge >= 0.3 is 0 Å². The molecular formula is C15H24N2. The number of benzene rings is 1. The first-order chi connectivity index (χ1) is 8.29. The lowest BCUT2D eigenvalue weighted by atomic mass is 10.0. The van der Waals surface area contributed by atoms with E-state index in [0.717, 1.165) is 0 Å². The Balaban J connectivity index is 1.82. The molecular weight excluding hydrogens is 208 g/mol. The first kappa shape index (κ1) is 12.6. The molecule has 94 valence electrons. The van der Waals surface area contributed by atoms with Gasteiger partial charge in [-0.2, -0.15) is 0 Å². The summed E-state index contributed by atoms with van der Waals surface area (Å²) in [6.07, 6.45) is 0. The van der Waals surface area contributed by atoms with Gasteiger partial charge in [0, 0.05) is 32.7 Å². The third-order valence-corrected chi connectivity index (χ3v) is 3.81. The molecule has 0 amide bonds. The molecule has 1 aliphatic heterocycles. The van der Waals surface area contributed by atoms with Gasteiger partial charge in [0.1, 0.15) is 0 Å².